The van der Waals surface area contributed by atoms with E-state index in [-0.39, 0.29) is 17.5 Å². The highest BCUT2D eigenvalue weighted by atomic mass is 32.2. The van der Waals surface area contributed by atoms with Crippen molar-refractivity contribution in [2.24, 2.45) is 0 Å². The maximum atomic E-state index is 13.0. The summed E-state index contributed by atoms with van der Waals surface area (Å²) in [6.07, 6.45) is 3.50. The Bertz CT molecular complexity index is 1020. The minimum atomic E-state index is -1.06. The lowest BCUT2D eigenvalue weighted by molar-refractivity contribution is -0.132. The van der Waals surface area contributed by atoms with Gasteiger partial charge < -0.3 is 26.4 Å². The molecule has 33 heavy (non-hydrogen) atoms. The highest BCUT2D eigenvalue weighted by Gasteiger charge is 2.21. The standard InChI is InChI=1S/C24H28N4O4S/c1-33-12-9-17(24(31)32)14-27-22(29)19-8-7-18(13-20(19)16-5-3-2-4-6-16)28-23(30)21-15-25-10-11-26-21/h2-8,13-14,21,25-26H,9-12,15H2,1H3,(H,27,29)(H,28,30)(H,31,32)/b17-14-. The Kier molecular flexibility index (Phi) is 9.05. The van der Waals surface area contributed by atoms with Gasteiger partial charge in [0.2, 0.25) is 5.91 Å². The van der Waals surface area contributed by atoms with Crippen LogP contribution in [0.3, 0.4) is 0 Å². The molecule has 0 aromatic heterocycles. The molecule has 2 amide bonds. The molecule has 1 aliphatic rings. The number of piperazine rings is 1. The van der Waals surface area contributed by atoms with Gasteiger partial charge in [0.15, 0.2) is 0 Å². The summed E-state index contributed by atoms with van der Waals surface area (Å²) in [5, 5.41) is 21.2. The molecule has 2 aromatic carbocycles. The molecule has 1 heterocycles. The smallest absolute Gasteiger partial charge is 0.333 e. The van der Waals surface area contributed by atoms with Crippen LogP contribution < -0.4 is 21.3 Å². The molecule has 5 N–H and O–H groups in total. The molecule has 1 saturated heterocycles. The van der Waals surface area contributed by atoms with E-state index in [4.69, 9.17) is 0 Å². The molecular weight excluding hydrogens is 440 g/mol. The third-order valence-corrected chi connectivity index (χ3v) is 5.81. The predicted octanol–water partition coefficient (Wildman–Crippen LogP) is 2.30. The molecule has 1 aliphatic heterocycles. The first kappa shape index (κ1) is 24.5. The SMILES string of the molecule is CSCC/C(=C/NC(=O)c1ccc(NC(=O)C2CNCCN2)cc1-c1ccccc1)C(=O)O. The van der Waals surface area contributed by atoms with Crippen molar-refractivity contribution in [3.05, 3.63) is 65.9 Å². The van der Waals surface area contributed by atoms with Gasteiger partial charge in [0, 0.05) is 37.1 Å². The number of amides is 2. The van der Waals surface area contributed by atoms with Gasteiger partial charge in [0.05, 0.1) is 11.6 Å². The molecule has 3 rings (SSSR count). The molecule has 1 unspecified atom stereocenters. The van der Waals surface area contributed by atoms with Crippen molar-refractivity contribution in [2.45, 2.75) is 12.5 Å². The number of benzene rings is 2. The monoisotopic (exact) mass is 468 g/mol. The van der Waals surface area contributed by atoms with Crippen LogP contribution in [0.5, 0.6) is 0 Å². The van der Waals surface area contributed by atoms with Crippen molar-refractivity contribution in [3.8, 4) is 11.1 Å². The van der Waals surface area contributed by atoms with Crippen LogP contribution in [0.2, 0.25) is 0 Å². The highest BCUT2D eigenvalue weighted by Crippen LogP contribution is 2.27. The van der Waals surface area contributed by atoms with Crippen LogP contribution in [0.15, 0.2) is 60.3 Å². The van der Waals surface area contributed by atoms with E-state index >= 15 is 0 Å². The summed E-state index contributed by atoms with van der Waals surface area (Å²) in [6, 6.07) is 14.1. The summed E-state index contributed by atoms with van der Waals surface area (Å²) in [6.45, 7) is 2.09. The number of carbonyl (C=O) groups is 3. The number of carboxylic acid groups (broad SMARTS) is 1. The summed E-state index contributed by atoms with van der Waals surface area (Å²) in [5.74, 6) is -0.992. The van der Waals surface area contributed by atoms with Gasteiger partial charge >= 0.3 is 5.97 Å². The van der Waals surface area contributed by atoms with Crippen LogP contribution in [0, 0.1) is 0 Å². The van der Waals surface area contributed by atoms with E-state index in [1.807, 2.05) is 36.6 Å². The van der Waals surface area contributed by atoms with Crippen LogP contribution in [0.25, 0.3) is 11.1 Å². The van der Waals surface area contributed by atoms with Gasteiger partial charge in [-0.3, -0.25) is 9.59 Å². The molecular formula is C24H28N4O4S. The Morgan fingerprint density at radius 1 is 1.15 bits per heavy atom. The Morgan fingerprint density at radius 3 is 2.61 bits per heavy atom. The first-order chi connectivity index (χ1) is 16.0. The summed E-state index contributed by atoms with van der Waals surface area (Å²) >= 11 is 1.53. The average molecular weight is 469 g/mol. The van der Waals surface area contributed by atoms with Gasteiger partial charge in [0.25, 0.3) is 5.91 Å². The first-order valence-corrected chi connectivity index (χ1v) is 12.1. The zero-order chi connectivity index (χ0) is 23.6. The van der Waals surface area contributed by atoms with E-state index in [2.05, 4.69) is 21.3 Å². The lowest BCUT2D eigenvalue weighted by Crippen LogP contribution is -2.54. The fourth-order valence-corrected chi connectivity index (χ4v) is 3.85. The van der Waals surface area contributed by atoms with Gasteiger partial charge in [-0.25, -0.2) is 4.79 Å². The highest BCUT2D eigenvalue weighted by molar-refractivity contribution is 7.98. The second-order valence-electron chi connectivity index (χ2n) is 7.52. The number of hydrogen-bond donors (Lipinski definition) is 5. The van der Waals surface area contributed by atoms with Crippen molar-refractivity contribution in [1.29, 1.82) is 0 Å². The zero-order valence-corrected chi connectivity index (χ0v) is 19.2. The Balaban J connectivity index is 1.85. The molecule has 0 radical (unpaired) electrons. The van der Waals surface area contributed by atoms with E-state index in [0.717, 1.165) is 18.7 Å². The second kappa shape index (κ2) is 12.2. The number of aliphatic carboxylic acids is 1. The Morgan fingerprint density at radius 2 is 1.94 bits per heavy atom. The van der Waals surface area contributed by atoms with Crippen molar-refractivity contribution in [1.82, 2.24) is 16.0 Å². The minimum absolute atomic E-state index is 0.136. The number of carboxylic acids is 1. The quantitative estimate of drug-likeness (QED) is 0.358. The maximum Gasteiger partial charge on any atom is 0.333 e. The summed E-state index contributed by atoms with van der Waals surface area (Å²) < 4.78 is 0. The molecule has 0 saturated carbocycles. The van der Waals surface area contributed by atoms with Gasteiger partial charge in [0.1, 0.15) is 0 Å². The number of anilines is 1. The third kappa shape index (κ3) is 6.92. The van der Waals surface area contributed by atoms with E-state index in [1.165, 1.54) is 18.0 Å². The van der Waals surface area contributed by atoms with Crippen molar-refractivity contribution in [2.75, 3.05) is 37.0 Å². The number of carbonyl (C=O) groups excluding carboxylic acids is 2. The average Bonchev–Trinajstić information content (AvgIpc) is 2.84. The number of rotatable bonds is 9. The van der Waals surface area contributed by atoms with Crippen LogP contribution in [0.1, 0.15) is 16.8 Å². The molecule has 8 nitrogen and oxygen atoms in total. The molecule has 1 atom stereocenters. The normalized spacial score (nSPS) is 16.2. The van der Waals surface area contributed by atoms with Crippen LogP contribution in [-0.2, 0) is 9.59 Å². The van der Waals surface area contributed by atoms with Crippen molar-refractivity contribution in [3.63, 3.8) is 0 Å². The van der Waals surface area contributed by atoms with Crippen LogP contribution in [-0.4, -0.2) is 60.6 Å². The number of nitrogens with one attached hydrogen (secondary N) is 4. The zero-order valence-electron chi connectivity index (χ0n) is 18.4. The predicted molar refractivity (Wildman–Crippen MR) is 131 cm³/mol. The Hall–Kier alpha value is -3.14. The molecule has 0 bridgehead atoms. The number of hydrogen-bond acceptors (Lipinski definition) is 6. The van der Waals surface area contributed by atoms with Gasteiger partial charge in [-0.15, -0.1) is 0 Å². The molecule has 9 heteroatoms. The van der Waals surface area contributed by atoms with Crippen molar-refractivity contribution >= 4 is 35.2 Å². The van der Waals surface area contributed by atoms with Crippen LogP contribution >= 0.6 is 11.8 Å². The molecule has 0 spiro atoms. The molecule has 174 valence electrons. The third-order valence-electron chi connectivity index (χ3n) is 5.20. The van der Waals surface area contributed by atoms with Crippen LogP contribution in [0.4, 0.5) is 5.69 Å². The van der Waals surface area contributed by atoms with Gasteiger partial charge in [-0.05, 0) is 47.8 Å². The molecule has 2 aromatic rings. The fourth-order valence-electron chi connectivity index (χ4n) is 3.43. The fraction of sp³-hybridized carbons (Fsp3) is 0.292. The Labute approximate surface area is 197 Å². The second-order valence-corrected chi connectivity index (χ2v) is 8.50. The van der Waals surface area contributed by atoms with E-state index in [9.17, 15) is 19.5 Å². The van der Waals surface area contributed by atoms with Crippen molar-refractivity contribution < 1.29 is 19.5 Å². The molecule has 0 aliphatic carbocycles. The number of thioether (sulfide) groups is 1. The molecule has 1 fully saturated rings. The van der Waals surface area contributed by atoms with Gasteiger partial charge in [-0.2, -0.15) is 11.8 Å². The summed E-state index contributed by atoms with van der Waals surface area (Å²) in [5.41, 5.74) is 2.53. The van der Waals surface area contributed by atoms with Gasteiger partial charge in [-0.1, -0.05) is 30.3 Å². The first-order valence-electron chi connectivity index (χ1n) is 10.7. The summed E-state index contributed by atoms with van der Waals surface area (Å²) in [4.78, 5) is 37.0. The maximum absolute atomic E-state index is 13.0. The summed E-state index contributed by atoms with van der Waals surface area (Å²) in [7, 11) is 0. The lowest BCUT2D eigenvalue weighted by Gasteiger charge is -2.23. The van der Waals surface area contributed by atoms with E-state index < -0.39 is 11.9 Å². The topological polar surface area (TPSA) is 120 Å². The van der Waals surface area contributed by atoms with E-state index in [0.29, 0.717) is 35.5 Å². The minimum Gasteiger partial charge on any atom is -0.478 e. The largest absolute Gasteiger partial charge is 0.478 e. The lowest BCUT2D eigenvalue weighted by atomic mass is 9.98. The van der Waals surface area contributed by atoms with E-state index in [1.54, 1.807) is 18.2 Å².